The second kappa shape index (κ2) is 14.7. The van der Waals surface area contributed by atoms with Crippen LogP contribution in [-0.4, -0.2) is 15.0 Å². The van der Waals surface area contributed by atoms with Gasteiger partial charge in [-0.15, -0.1) is 11.3 Å². The number of thiophene rings is 1. The average molecular weight is 808 g/mol. The Hall–Kier alpha value is -7.79. The molecule has 0 radical (unpaired) electrons. The fourth-order valence-electron chi connectivity index (χ4n) is 9.69. The maximum absolute atomic E-state index is 5.07. The largest absolute Gasteiger partial charge is 0.208 e. The minimum absolute atomic E-state index is 0.526. The fraction of sp³-hybridized carbons (Fsp3) is 0.0172. The zero-order valence-electron chi connectivity index (χ0n) is 33.6. The molecule has 62 heavy (non-hydrogen) atoms. The van der Waals surface area contributed by atoms with E-state index in [1.165, 1.54) is 70.2 Å². The first kappa shape index (κ1) is 36.1. The summed E-state index contributed by atoms with van der Waals surface area (Å²) in [6.07, 6.45) is 0. The molecule has 2 heterocycles. The van der Waals surface area contributed by atoms with E-state index >= 15 is 0 Å². The van der Waals surface area contributed by atoms with Crippen molar-refractivity contribution in [3.63, 3.8) is 0 Å². The van der Waals surface area contributed by atoms with E-state index in [1.807, 2.05) is 72.0 Å². The van der Waals surface area contributed by atoms with Gasteiger partial charge in [0.15, 0.2) is 17.5 Å². The summed E-state index contributed by atoms with van der Waals surface area (Å²) in [5.41, 5.74) is 14.6. The third-order valence-corrected chi connectivity index (χ3v) is 13.6. The van der Waals surface area contributed by atoms with E-state index in [-0.39, 0.29) is 0 Å². The van der Waals surface area contributed by atoms with Gasteiger partial charge < -0.3 is 0 Å². The molecule has 2 aromatic heterocycles. The lowest BCUT2D eigenvalue weighted by atomic mass is 9.67. The summed E-state index contributed by atoms with van der Waals surface area (Å²) in [6, 6.07) is 80.8. The van der Waals surface area contributed by atoms with Crippen LogP contribution in [0.1, 0.15) is 22.3 Å². The van der Waals surface area contributed by atoms with Gasteiger partial charge in [-0.2, -0.15) is 0 Å². The predicted molar refractivity (Wildman–Crippen MR) is 257 cm³/mol. The first-order valence-corrected chi connectivity index (χ1v) is 21.8. The molecule has 0 unspecified atom stereocenters. The molecule has 0 amide bonds. The predicted octanol–water partition coefficient (Wildman–Crippen LogP) is 14.9. The SMILES string of the molecule is c1ccc(-c2nc(-c3ccccc3)nc(-c3ccc(-c4c(-c5ccc6sc7ccccc7c6c5)ccc5c4-c4ccccc4C5(c4ccccc4)c4ccccc4)cc3)n2)cc1. The Morgan fingerprint density at radius 1 is 0.306 bits per heavy atom. The van der Waals surface area contributed by atoms with Crippen LogP contribution in [0, 0.1) is 0 Å². The Labute approximate surface area is 364 Å². The molecular formula is C58H37N3S. The van der Waals surface area contributed by atoms with Crippen molar-refractivity contribution in [2.45, 2.75) is 5.41 Å². The Balaban J connectivity index is 1.11. The Morgan fingerprint density at radius 2 is 0.790 bits per heavy atom. The lowest BCUT2D eigenvalue weighted by molar-refractivity contribution is 0.768. The van der Waals surface area contributed by atoms with Crippen molar-refractivity contribution in [1.82, 2.24) is 15.0 Å². The minimum Gasteiger partial charge on any atom is -0.208 e. The summed E-state index contributed by atoms with van der Waals surface area (Å²) in [6.45, 7) is 0. The fourth-order valence-corrected chi connectivity index (χ4v) is 10.8. The molecule has 3 nitrogen and oxygen atoms in total. The first-order valence-electron chi connectivity index (χ1n) is 21.0. The van der Waals surface area contributed by atoms with Gasteiger partial charge in [-0.3, -0.25) is 0 Å². The molecule has 0 atom stereocenters. The number of hydrogen-bond donors (Lipinski definition) is 0. The Kier molecular flexibility index (Phi) is 8.58. The molecule has 11 aromatic rings. The zero-order valence-corrected chi connectivity index (χ0v) is 34.4. The quantitative estimate of drug-likeness (QED) is 0.161. The van der Waals surface area contributed by atoms with Crippen molar-refractivity contribution in [2.75, 3.05) is 0 Å². The average Bonchev–Trinajstić information content (AvgIpc) is 3.88. The maximum atomic E-state index is 5.07. The van der Waals surface area contributed by atoms with Gasteiger partial charge in [0.2, 0.25) is 0 Å². The second-order valence-electron chi connectivity index (χ2n) is 15.9. The third kappa shape index (κ3) is 5.76. The van der Waals surface area contributed by atoms with Gasteiger partial charge in [0.25, 0.3) is 0 Å². The molecule has 9 aromatic carbocycles. The number of benzene rings is 9. The molecule has 0 spiro atoms. The molecule has 4 heteroatoms. The van der Waals surface area contributed by atoms with Crippen LogP contribution in [0.15, 0.2) is 224 Å². The molecule has 0 aliphatic heterocycles. The van der Waals surface area contributed by atoms with E-state index < -0.39 is 5.41 Å². The van der Waals surface area contributed by atoms with Crippen LogP contribution < -0.4 is 0 Å². The highest BCUT2D eigenvalue weighted by atomic mass is 32.1. The molecule has 0 fully saturated rings. The van der Waals surface area contributed by atoms with Gasteiger partial charge in [-0.05, 0) is 73.8 Å². The molecule has 0 bridgehead atoms. The maximum Gasteiger partial charge on any atom is 0.164 e. The van der Waals surface area contributed by atoms with Crippen LogP contribution in [0.2, 0.25) is 0 Å². The van der Waals surface area contributed by atoms with E-state index in [0.29, 0.717) is 17.5 Å². The highest BCUT2D eigenvalue weighted by Gasteiger charge is 2.47. The van der Waals surface area contributed by atoms with Crippen molar-refractivity contribution in [2.24, 2.45) is 0 Å². The van der Waals surface area contributed by atoms with E-state index in [9.17, 15) is 0 Å². The molecule has 1 aliphatic carbocycles. The molecule has 0 saturated heterocycles. The number of aromatic nitrogens is 3. The lowest BCUT2D eigenvalue weighted by Crippen LogP contribution is -2.28. The van der Waals surface area contributed by atoms with Gasteiger partial charge in [0.1, 0.15) is 0 Å². The van der Waals surface area contributed by atoms with Gasteiger partial charge >= 0.3 is 0 Å². The van der Waals surface area contributed by atoms with Crippen LogP contribution in [-0.2, 0) is 5.41 Å². The van der Waals surface area contributed by atoms with Gasteiger partial charge in [0.05, 0.1) is 5.41 Å². The lowest BCUT2D eigenvalue weighted by Gasteiger charge is -2.34. The first-order chi connectivity index (χ1) is 30.7. The van der Waals surface area contributed by atoms with Crippen molar-refractivity contribution in [3.05, 3.63) is 247 Å². The summed E-state index contributed by atoms with van der Waals surface area (Å²) in [4.78, 5) is 15.1. The second-order valence-corrected chi connectivity index (χ2v) is 16.9. The highest BCUT2D eigenvalue weighted by molar-refractivity contribution is 7.25. The monoisotopic (exact) mass is 807 g/mol. The zero-order chi connectivity index (χ0) is 41.0. The van der Waals surface area contributed by atoms with Crippen LogP contribution in [0.3, 0.4) is 0 Å². The van der Waals surface area contributed by atoms with E-state index in [2.05, 4.69) is 164 Å². The number of nitrogens with zero attached hydrogens (tertiary/aromatic N) is 3. The van der Waals surface area contributed by atoms with E-state index in [0.717, 1.165) is 22.3 Å². The van der Waals surface area contributed by atoms with Gasteiger partial charge in [-0.25, -0.2) is 15.0 Å². The molecule has 12 rings (SSSR count). The van der Waals surface area contributed by atoms with Crippen molar-refractivity contribution < 1.29 is 0 Å². The van der Waals surface area contributed by atoms with Crippen molar-refractivity contribution in [3.8, 4) is 67.5 Å². The van der Waals surface area contributed by atoms with Crippen molar-refractivity contribution in [1.29, 1.82) is 0 Å². The number of hydrogen-bond acceptors (Lipinski definition) is 4. The van der Waals surface area contributed by atoms with Gasteiger partial charge in [0, 0.05) is 36.9 Å². The smallest absolute Gasteiger partial charge is 0.164 e. The molecule has 0 N–H and O–H groups in total. The summed E-state index contributed by atoms with van der Waals surface area (Å²) in [5.74, 6) is 1.93. The molecule has 0 saturated carbocycles. The Morgan fingerprint density at radius 3 is 1.42 bits per heavy atom. The van der Waals surface area contributed by atoms with Crippen LogP contribution in [0.4, 0.5) is 0 Å². The topological polar surface area (TPSA) is 38.7 Å². The summed E-state index contributed by atoms with van der Waals surface area (Å²) in [5, 5.41) is 2.58. The summed E-state index contributed by atoms with van der Waals surface area (Å²) < 4.78 is 2.60. The van der Waals surface area contributed by atoms with E-state index in [4.69, 9.17) is 15.0 Å². The Bertz CT molecular complexity index is 3340. The summed E-state index contributed by atoms with van der Waals surface area (Å²) in [7, 11) is 0. The molecule has 1 aliphatic rings. The molecule has 290 valence electrons. The molecular weight excluding hydrogens is 771 g/mol. The number of rotatable bonds is 7. The van der Waals surface area contributed by atoms with E-state index in [1.54, 1.807) is 0 Å². The van der Waals surface area contributed by atoms with Crippen LogP contribution in [0.5, 0.6) is 0 Å². The van der Waals surface area contributed by atoms with Crippen LogP contribution >= 0.6 is 11.3 Å². The number of fused-ring (bicyclic) bond motifs is 6. The van der Waals surface area contributed by atoms with Gasteiger partial charge in [-0.1, -0.05) is 206 Å². The summed E-state index contributed by atoms with van der Waals surface area (Å²) >= 11 is 1.85. The highest BCUT2D eigenvalue weighted by Crippen LogP contribution is 2.60. The van der Waals surface area contributed by atoms with Crippen LogP contribution in [0.25, 0.3) is 87.7 Å². The standard InChI is InChI=1S/C58H37N3S/c1-5-17-39(18-6-1)55-59-56(40-19-7-2-8-20-40)61-57(60-55)41-31-29-38(30-32-41)53-45(42-33-36-52-48(37-42)46-25-14-16-28-51(46)62-52)34-35-50-54(53)47-26-13-15-27-49(47)58(50,43-21-9-3-10-22-43)44-23-11-4-12-24-44/h1-37H. The third-order valence-electron chi connectivity index (χ3n) is 12.4. The van der Waals surface area contributed by atoms with Crippen molar-refractivity contribution >= 4 is 31.5 Å². The minimum atomic E-state index is -0.526. The normalized spacial score (nSPS) is 12.6.